The molecule has 0 saturated carbocycles. The summed E-state index contributed by atoms with van der Waals surface area (Å²) >= 11 is 1.93. The monoisotopic (exact) mass is 130 g/mol. The highest BCUT2D eigenvalue weighted by molar-refractivity contribution is 8.00. The maximum Gasteiger partial charge on any atom is 0.123 e. The molecule has 1 nitrogen and oxygen atoms in total. The van der Waals surface area contributed by atoms with Crippen LogP contribution < -0.4 is 0 Å². The molecule has 1 aliphatic heterocycles. The first kappa shape index (κ1) is 6.14. The second-order valence-corrected chi connectivity index (χ2v) is 3.37. The molecule has 0 amide bonds. The summed E-state index contributed by atoms with van der Waals surface area (Å²) in [6.07, 6.45) is 1.06. The van der Waals surface area contributed by atoms with Crippen LogP contribution in [0.2, 0.25) is 0 Å². The molecule has 0 bridgehead atoms. The van der Waals surface area contributed by atoms with Gasteiger partial charge in [0, 0.05) is 5.92 Å². The van der Waals surface area contributed by atoms with E-state index in [-0.39, 0.29) is 0 Å². The Morgan fingerprint density at radius 2 is 2.38 bits per heavy atom. The molecule has 0 spiro atoms. The molecule has 1 aliphatic rings. The summed E-state index contributed by atoms with van der Waals surface area (Å²) in [5.41, 5.74) is 0. The zero-order valence-electron chi connectivity index (χ0n) is 4.96. The molecule has 0 aromatic carbocycles. The van der Waals surface area contributed by atoms with Crippen LogP contribution in [0.4, 0.5) is 0 Å². The smallest absolute Gasteiger partial charge is 0.123 e. The van der Waals surface area contributed by atoms with E-state index in [2.05, 4.69) is 0 Å². The van der Waals surface area contributed by atoms with E-state index in [1.807, 2.05) is 18.7 Å². The van der Waals surface area contributed by atoms with Crippen LogP contribution >= 0.6 is 11.8 Å². The molecule has 1 atom stereocenters. The fourth-order valence-corrected chi connectivity index (χ4v) is 1.78. The Labute approximate surface area is 53.8 Å². The lowest BCUT2D eigenvalue weighted by Crippen LogP contribution is -2.26. The highest BCUT2D eigenvalue weighted by Gasteiger charge is 2.23. The summed E-state index contributed by atoms with van der Waals surface area (Å²) in [5.74, 6) is 3.38. The Bertz CT molecular complexity index is 88.5. The van der Waals surface area contributed by atoms with Gasteiger partial charge in [-0.05, 0) is 17.4 Å². The Morgan fingerprint density at radius 3 is 2.50 bits per heavy atom. The number of hydrogen-bond acceptors (Lipinski definition) is 2. The van der Waals surface area contributed by atoms with Crippen LogP contribution in [0, 0.1) is 11.8 Å². The van der Waals surface area contributed by atoms with E-state index in [0.29, 0.717) is 11.8 Å². The van der Waals surface area contributed by atoms with Crippen molar-refractivity contribution in [3.63, 3.8) is 0 Å². The Kier molecular flexibility index (Phi) is 1.95. The van der Waals surface area contributed by atoms with Gasteiger partial charge in [-0.3, -0.25) is 0 Å². The quantitative estimate of drug-likeness (QED) is 0.522. The molecule has 0 aliphatic carbocycles. The summed E-state index contributed by atoms with van der Waals surface area (Å²) in [5, 5.41) is 0. The standard InChI is InChI=1S/C6H10OS/c1-5(2-7)6-3-8-4-6/h2,5-6H,3-4H2,1H3. The zero-order valence-corrected chi connectivity index (χ0v) is 5.78. The number of aldehydes is 1. The predicted molar refractivity (Wildman–Crippen MR) is 36.0 cm³/mol. The Hall–Kier alpha value is 0.0200. The van der Waals surface area contributed by atoms with Gasteiger partial charge in [0.25, 0.3) is 0 Å². The van der Waals surface area contributed by atoms with Gasteiger partial charge in [-0.15, -0.1) is 0 Å². The highest BCUT2D eigenvalue weighted by atomic mass is 32.2. The molecule has 1 saturated heterocycles. The Morgan fingerprint density at radius 1 is 1.75 bits per heavy atom. The first-order valence-electron chi connectivity index (χ1n) is 2.87. The molecule has 46 valence electrons. The number of rotatable bonds is 2. The average molecular weight is 130 g/mol. The second-order valence-electron chi connectivity index (χ2n) is 2.29. The minimum Gasteiger partial charge on any atom is -0.303 e. The SMILES string of the molecule is CC(C=O)C1CSC1. The molecule has 2 heteroatoms. The van der Waals surface area contributed by atoms with Crippen LogP contribution in [-0.4, -0.2) is 17.8 Å². The topological polar surface area (TPSA) is 17.1 Å². The molecule has 0 aromatic heterocycles. The first-order chi connectivity index (χ1) is 3.84. The molecule has 0 radical (unpaired) electrons. The third kappa shape index (κ3) is 1.05. The first-order valence-corrected chi connectivity index (χ1v) is 4.03. The molecule has 1 rings (SSSR count). The molecule has 1 heterocycles. The molecular weight excluding hydrogens is 120 g/mol. The van der Waals surface area contributed by atoms with Crippen molar-refractivity contribution < 1.29 is 4.79 Å². The summed E-state index contributed by atoms with van der Waals surface area (Å²) in [4.78, 5) is 10.1. The summed E-state index contributed by atoms with van der Waals surface area (Å²) in [7, 11) is 0. The van der Waals surface area contributed by atoms with Crippen LogP contribution in [-0.2, 0) is 4.79 Å². The molecule has 8 heavy (non-hydrogen) atoms. The molecule has 0 aromatic rings. The van der Waals surface area contributed by atoms with Gasteiger partial charge in [0.15, 0.2) is 0 Å². The van der Waals surface area contributed by atoms with Crippen molar-refractivity contribution in [1.82, 2.24) is 0 Å². The van der Waals surface area contributed by atoms with Gasteiger partial charge in [0.2, 0.25) is 0 Å². The van der Waals surface area contributed by atoms with Crippen molar-refractivity contribution in [2.24, 2.45) is 11.8 Å². The van der Waals surface area contributed by atoms with Crippen LogP contribution in [0.3, 0.4) is 0 Å². The van der Waals surface area contributed by atoms with Gasteiger partial charge < -0.3 is 4.79 Å². The van der Waals surface area contributed by atoms with Gasteiger partial charge in [0.05, 0.1) is 0 Å². The van der Waals surface area contributed by atoms with Crippen molar-refractivity contribution in [2.75, 3.05) is 11.5 Å². The van der Waals surface area contributed by atoms with Crippen molar-refractivity contribution in [3.8, 4) is 0 Å². The minimum absolute atomic E-state index is 0.302. The lowest BCUT2D eigenvalue weighted by Gasteiger charge is -2.27. The molecular formula is C6H10OS. The van der Waals surface area contributed by atoms with Crippen LogP contribution in [0.5, 0.6) is 0 Å². The van der Waals surface area contributed by atoms with Gasteiger partial charge in [-0.1, -0.05) is 6.92 Å². The fraction of sp³-hybridized carbons (Fsp3) is 0.833. The largest absolute Gasteiger partial charge is 0.303 e. The van der Waals surface area contributed by atoms with Crippen LogP contribution in [0.15, 0.2) is 0 Å². The highest BCUT2D eigenvalue weighted by Crippen LogP contribution is 2.29. The number of thioether (sulfide) groups is 1. The van der Waals surface area contributed by atoms with E-state index < -0.39 is 0 Å². The van der Waals surface area contributed by atoms with Crippen molar-refractivity contribution >= 4 is 18.0 Å². The van der Waals surface area contributed by atoms with Gasteiger partial charge in [-0.25, -0.2) is 0 Å². The van der Waals surface area contributed by atoms with Gasteiger partial charge >= 0.3 is 0 Å². The molecule has 0 N–H and O–H groups in total. The fourth-order valence-electron chi connectivity index (χ4n) is 0.669. The molecule has 1 unspecified atom stereocenters. The third-order valence-corrected chi connectivity index (χ3v) is 2.95. The maximum absolute atomic E-state index is 10.1. The summed E-state index contributed by atoms with van der Waals surface area (Å²) in [6.45, 7) is 2.00. The van der Waals surface area contributed by atoms with E-state index in [1.54, 1.807) is 0 Å². The number of hydrogen-bond donors (Lipinski definition) is 0. The van der Waals surface area contributed by atoms with E-state index >= 15 is 0 Å². The summed E-state index contributed by atoms with van der Waals surface area (Å²) < 4.78 is 0. The van der Waals surface area contributed by atoms with E-state index in [9.17, 15) is 4.79 Å². The lowest BCUT2D eigenvalue weighted by atomic mass is 9.99. The normalized spacial score (nSPS) is 24.1. The minimum atomic E-state index is 0.302. The Balaban J connectivity index is 2.22. The number of carbonyl (C=O) groups excluding carboxylic acids is 1. The lowest BCUT2D eigenvalue weighted by molar-refractivity contribution is -0.111. The number of carbonyl (C=O) groups is 1. The van der Waals surface area contributed by atoms with E-state index in [4.69, 9.17) is 0 Å². The maximum atomic E-state index is 10.1. The average Bonchev–Trinajstić information content (AvgIpc) is 1.62. The third-order valence-electron chi connectivity index (χ3n) is 1.62. The van der Waals surface area contributed by atoms with Crippen LogP contribution in [0.1, 0.15) is 6.92 Å². The van der Waals surface area contributed by atoms with Gasteiger partial charge in [0.1, 0.15) is 6.29 Å². The predicted octanol–water partition coefficient (Wildman–Crippen LogP) is 1.18. The van der Waals surface area contributed by atoms with Crippen molar-refractivity contribution in [2.45, 2.75) is 6.92 Å². The summed E-state index contributed by atoms with van der Waals surface area (Å²) in [6, 6.07) is 0. The van der Waals surface area contributed by atoms with E-state index in [1.165, 1.54) is 11.5 Å². The van der Waals surface area contributed by atoms with Crippen LogP contribution in [0.25, 0.3) is 0 Å². The van der Waals surface area contributed by atoms with E-state index in [0.717, 1.165) is 6.29 Å². The van der Waals surface area contributed by atoms with Gasteiger partial charge in [-0.2, -0.15) is 11.8 Å². The zero-order chi connectivity index (χ0) is 5.98. The van der Waals surface area contributed by atoms with Crippen molar-refractivity contribution in [3.05, 3.63) is 0 Å². The molecule has 1 fully saturated rings. The second kappa shape index (κ2) is 2.53. The van der Waals surface area contributed by atoms with Crippen molar-refractivity contribution in [1.29, 1.82) is 0 Å².